The number of likely N-dealkylation sites (N-methyl/N-ethyl adjacent to an activating group) is 1. The Morgan fingerprint density at radius 1 is 1.25 bits per heavy atom. The van der Waals surface area contributed by atoms with Crippen LogP contribution in [0.25, 0.3) is 0 Å². The zero-order valence-electron chi connectivity index (χ0n) is 12.7. The van der Waals surface area contributed by atoms with Gasteiger partial charge in [-0.25, -0.2) is 0 Å². The maximum Gasteiger partial charge on any atom is 0.119 e. The number of piperidine rings is 1. The number of hydrogen-bond acceptors (Lipinski definition) is 3. The second-order valence-electron chi connectivity index (χ2n) is 6.36. The van der Waals surface area contributed by atoms with Crippen molar-refractivity contribution in [2.24, 2.45) is 0 Å². The van der Waals surface area contributed by atoms with E-state index in [9.17, 15) is 0 Å². The van der Waals surface area contributed by atoms with E-state index in [2.05, 4.69) is 42.3 Å². The lowest BCUT2D eigenvalue weighted by Crippen LogP contribution is -2.53. The summed E-state index contributed by atoms with van der Waals surface area (Å²) in [5, 5.41) is 3.38. The molecule has 3 rings (SSSR count). The van der Waals surface area contributed by atoms with Crippen molar-refractivity contribution >= 4 is 0 Å². The molecule has 1 aromatic rings. The molecule has 0 spiro atoms. The van der Waals surface area contributed by atoms with Crippen LogP contribution in [0.4, 0.5) is 0 Å². The van der Waals surface area contributed by atoms with E-state index in [-0.39, 0.29) is 5.54 Å². The molecule has 1 unspecified atom stereocenters. The normalized spacial score (nSPS) is 26.5. The summed E-state index contributed by atoms with van der Waals surface area (Å²) in [6.07, 6.45) is 3.89. The molecule has 0 aromatic heterocycles. The summed E-state index contributed by atoms with van der Waals surface area (Å²) in [6, 6.07) is 6.53. The number of benzene rings is 1. The largest absolute Gasteiger partial charge is 0.492 e. The Kier molecular flexibility index (Phi) is 3.99. The molecular weight excluding hydrogens is 248 g/mol. The van der Waals surface area contributed by atoms with E-state index >= 15 is 0 Å². The van der Waals surface area contributed by atoms with Gasteiger partial charge in [0.15, 0.2) is 0 Å². The molecule has 1 fully saturated rings. The monoisotopic (exact) mass is 274 g/mol. The molecule has 0 saturated carbocycles. The number of nitrogens with zero attached hydrogens (tertiary/aromatic N) is 1. The van der Waals surface area contributed by atoms with Crippen molar-refractivity contribution in [1.82, 2.24) is 10.2 Å². The van der Waals surface area contributed by atoms with Crippen LogP contribution in [-0.2, 0) is 13.1 Å². The van der Waals surface area contributed by atoms with Crippen molar-refractivity contribution in [2.75, 3.05) is 19.7 Å². The fraction of sp³-hybridized carbons (Fsp3) is 0.647. The molecule has 0 radical (unpaired) electrons. The van der Waals surface area contributed by atoms with E-state index in [0.29, 0.717) is 0 Å². The highest BCUT2D eigenvalue weighted by Crippen LogP contribution is 2.29. The van der Waals surface area contributed by atoms with Crippen LogP contribution < -0.4 is 10.1 Å². The van der Waals surface area contributed by atoms with Crippen LogP contribution in [0.15, 0.2) is 18.2 Å². The molecule has 2 heterocycles. The van der Waals surface area contributed by atoms with Crippen molar-refractivity contribution in [2.45, 2.75) is 51.7 Å². The lowest BCUT2D eigenvalue weighted by molar-refractivity contribution is 0.0250. The molecule has 1 N–H and O–H groups in total. The van der Waals surface area contributed by atoms with Crippen molar-refractivity contribution in [1.29, 1.82) is 0 Å². The van der Waals surface area contributed by atoms with Gasteiger partial charge in [0, 0.05) is 13.1 Å². The van der Waals surface area contributed by atoms with Gasteiger partial charge in [0.05, 0.1) is 5.54 Å². The van der Waals surface area contributed by atoms with E-state index in [0.717, 1.165) is 32.0 Å². The minimum Gasteiger partial charge on any atom is -0.492 e. The fourth-order valence-corrected chi connectivity index (χ4v) is 3.54. The summed E-state index contributed by atoms with van der Waals surface area (Å²) in [5.74, 6) is 1.02. The molecule has 2 aliphatic rings. The number of likely N-dealkylation sites (tertiary alicyclic amines) is 1. The van der Waals surface area contributed by atoms with E-state index < -0.39 is 0 Å². The molecule has 0 bridgehead atoms. The molecule has 20 heavy (non-hydrogen) atoms. The molecular formula is C17H26N2O. The van der Waals surface area contributed by atoms with Gasteiger partial charge in [-0.15, -0.1) is 0 Å². The summed E-state index contributed by atoms with van der Waals surface area (Å²) in [7, 11) is 0. The first-order valence-electron chi connectivity index (χ1n) is 7.92. The Morgan fingerprint density at radius 3 is 2.95 bits per heavy atom. The Bertz CT molecular complexity index is 474. The third-order valence-corrected chi connectivity index (χ3v) is 4.90. The van der Waals surface area contributed by atoms with Gasteiger partial charge >= 0.3 is 0 Å². The quantitative estimate of drug-likeness (QED) is 0.913. The lowest BCUT2D eigenvalue weighted by atomic mass is 9.89. The van der Waals surface area contributed by atoms with Crippen LogP contribution in [0.1, 0.15) is 44.2 Å². The van der Waals surface area contributed by atoms with Crippen molar-refractivity contribution < 1.29 is 4.74 Å². The average Bonchev–Trinajstić information content (AvgIpc) is 2.93. The fourth-order valence-electron chi connectivity index (χ4n) is 3.54. The van der Waals surface area contributed by atoms with Crippen LogP contribution >= 0.6 is 0 Å². The van der Waals surface area contributed by atoms with Crippen LogP contribution in [0.5, 0.6) is 5.75 Å². The number of nitrogens with one attached hydrogen (secondary N) is 1. The molecule has 1 atom stereocenters. The van der Waals surface area contributed by atoms with E-state index in [1.165, 1.54) is 36.9 Å². The molecule has 1 aromatic carbocycles. The molecule has 3 heteroatoms. The minimum atomic E-state index is 0.199. The maximum absolute atomic E-state index is 6.14. The van der Waals surface area contributed by atoms with E-state index in [1.807, 2.05) is 0 Å². The van der Waals surface area contributed by atoms with Crippen molar-refractivity contribution in [3.63, 3.8) is 0 Å². The first-order chi connectivity index (χ1) is 9.71. The Labute approximate surface area is 122 Å². The van der Waals surface area contributed by atoms with Crippen LogP contribution in [0.2, 0.25) is 0 Å². The van der Waals surface area contributed by atoms with Crippen LogP contribution in [0.3, 0.4) is 0 Å². The number of ether oxygens (including phenoxy) is 1. The predicted octanol–water partition coefficient (Wildman–Crippen LogP) is 2.93. The number of rotatable bonds is 4. The van der Waals surface area contributed by atoms with Crippen molar-refractivity contribution in [3.05, 3.63) is 29.3 Å². The van der Waals surface area contributed by atoms with Crippen LogP contribution in [-0.4, -0.2) is 30.1 Å². The van der Waals surface area contributed by atoms with Gasteiger partial charge in [-0.3, -0.25) is 4.90 Å². The van der Waals surface area contributed by atoms with Gasteiger partial charge in [-0.05, 0) is 56.1 Å². The Balaban J connectivity index is 1.66. The van der Waals surface area contributed by atoms with Gasteiger partial charge in [0.2, 0.25) is 0 Å². The summed E-state index contributed by atoms with van der Waals surface area (Å²) < 4.78 is 6.14. The molecule has 1 saturated heterocycles. The maximum atomic E-state index is 6.14. The van der Waals surface area contributed by atoms with Gasteiger partial charge in [0.25, 0.3) is 0 Å². The standard InChI is InChI=1S/C17H26N2O/c1-3-19-9-5-4-8-17(19,2)13-20-16-7-6-14-11-18-12-15(14)10-16/h6-7,10,18H,3-5,8-9,11-13H2,1-2H3. The smallest absolute Gasteiger partial charge is 0.119 e. The second-order valence-corrected chi connectivity index (χ2v) is 6.36. The third-order valence-electron chi connectivity index (χ3n) is 4.90. The van der Waals surface area contributed by atoms with Gasteiger partial charge < -0.3 is 10.1 Å². The van der Waals surface area contributed by atoms with E-state index in [4.69, 9.17) is 4.74 Å². The molecule has 3 nitrogen and oxygen atoms in total. The molecule has 0 amide bonds. The topological polar surface area (TPSA) is 24.5 Å². The molecule has 2 aliphatic heterocycles. The lowest BCUT2D eigenvalue weighted by Gasteiger charge is -2.44. The summed E-state index contributed by atoms with van der Waals surface area (Å²) in [6.45, 7) is 9.71. The number of fused-ring (bicyclic) bond motifs is 1. The molecule has 110 valence electrons. The van der Waals surface area contributed by atoms with E-state index in [1.54, 1.807) is 0 Å². The summed E-state index contributed by atoms with van der Waals surface area (Å²) >= 11 is 0. The first-order valence-corrected chi connectivity index (χ1v) is 7.92. The highest BCUT2D eigenvalue weighted by molar-refractivity contribution is 5.37. The van der Waals surface area contributed by atoms with Crippen LogP contribution in [0, 0.1) is 0 Å². The average molecular weight is 274 g/mol. The molecule has 0 aliphatic carbocycles. The van der Waals surface area contributed by atoms with Gasteiger partial charge in [-0.2, -0.15) is 0 Å². The Morgan fingerprint density at radius 2 is 2.10 bits per heavy atom. The zero-order valence-corrected chi connectivity index (χ0v) is 12.7. The van der Waals surface area contributed by atoms with Gasteiger partial charge in [-0.1, -0.05) is 19.4 Å². The number of hydrogen-bond donors (Lipinski definition) is 1. The highest BCUT2D eigenvalue weighted by Gasteiger charge is 2.34. The zero-order chi connectivity index (χ0) is 14.0. The summed E-state index contributed by atoms with van der Waals surface area (Å²) in [5.41, 5.74) is 3.00. The predicted molar refractivity (Wildman–Crippen MR) is 82.0 cm³/mol. The first kappa shape index (κ1) is 13.9. The third kappa shape index (κ3) is 2.70. The minimum absolute atomic E-state index is 0.199. The Hall–Kier alpha value is -1.06. The highest BCUT2D eigenvalue weighted by atomic mass is 16.5. The van der Waals surface area contributed by atoms with Gasteiger partial charge in [0.1, 0.15) is 12.4 Å². The van der Waals surface area contributed by atoms with Crippen molar-refractivity contribution in [3.8, 4) is 5.75 Å². The second kappa shape index (κ2) is 5.74. The summed E-state index contributed by atoms with van der Waals surface area (Å²) in [4.78, 5) is 2.57. The SMILES string of the molecule is CCN1CCCCC1(C)COc1ccc2c(c1)CNC2.